The number of likely N-dealkylation sites (tertiary alicyclic amines) is 1. The first kappa shape index (κ1) is 26.8. The molecular weight excluding hydrogens is 528 g/mol. The summed E-state index contributed by atoms with van der Waals surface area (Å²) in [5.41, 5.74) is 1.73. The Morgan fingerprint density at radius 2 is 2.00 bits per heavy atom. The third-order valence-corrected chi connectivity index (χ3v) is 7.67. The molecule has 2 aliphatic rings. The molecule has 0 aliphatic carbocycles. The molecule has 0 saturated carbocycles. The number of hydrogen-bond acceptors (Lipinski definition) is 7. The second-order valence-electron chi connectivity index (χ2n) is 9.11. The van der Waals surface area contributed by atoms with E-state index in [-0.39, 0.29) is 23.9 Å². The van der Waals surface area contributed by atoms with E-state index in [0.29, 0.717) is 39.9 Å². The number of carbonyl (C=O) groups is 3. The van der Waals surface area contributed by atoms with E-state index in [4.69, 9.17) is 4.74 Å². The van der Waals surface area contributed by atoms with Crippen molar-refractivity contribution in [2.45, 2.75) is 18.9 Å². The first-order valence-electron chi connectivity index (χ1n) is 12.7. The first-order valence-corrected chi connectivity index (χ1v) is 13.6. The number of urea groups is 1. The quantitative estimate of drug-likeness (QED) is 0.335. The van der Waals surface area contributed by atoms with Crippen LogP contribution in [-0.4, -0.2) is 59.0 Å². The number of aromatic nitrogens is 2. The Hall–Kier alpha value is -4.77. The van der Waals surface area contributed by atoms with Crippen molar-refractivity contribution in [3.63, 3.8) is 0 Å². The van der Waals surface area contributed by atoms with E-state index in [1.165, 1.54) is 22.3 Å². The Labute approximate surface area is 235 Å². The van der Waals surface area contributed by atoms with Crippen LogP contribution in [0.2, 0.25) is 0 Å². The molecule has 1 atom stereocenters. The van der Waals surface area contributed by atoms with Crippen LogP contribution in [0.3, 0.4) is 0 Å². The van der Waals surface area contributed by atoms with E-state index in [9.17, 15) is 14.4 Å². The Kier molecular flexibility index (Phi) is 8.02. The van der Waals surface area contributed by atoms with Crippen LogP contribution in [0, 0.1) is 0 Å². The highest BCUT2D eigenvalue weighted by Gasteiger charge is 2.33. The van der Waals surface area contributed by atoms with Gasteiger partial charge in [0.25, 0.3) is 5.91 Å². The minimum Gasteiger partial charge on any atom is -0.497 e. The highest BCUT2D eigenvalue weighted by atomic mass is 32.1. The molecule has 4 aromatic rings. The van der Waals surface area contributed by atoms with Gasteiger partial charge in [-0.05, 0) is 49.2 Å². The number of piperidine rings is 1. The molecular formula is C29H28N6O4S. The van der Waals surface area contributed by atoms with Crippen LogP contribution in [-0.2, 0) is 4.79 Å². The van der Waals surface area contributed by atoms with Crippen molar-refractivity contribution >= 4 is 56.5 Å². The fourth-order valence-electron chi connectivity index (χ4n) is 4.72. The highest BCUT2D eigenvalue weighted by molar-refractivity contribution is 7.21. The number of hydrogen-bond donors (Lipinski definition) is 2. The number of thiophene rings is 1. The second-order valence-corrected chi connectivity index (χ2v) is 10.1. The largest absolute Gasteiger partial charge is 0.497 e. The van der Waals surface area contributed by atoms with Gasteiger partial charge in [0.15, 0.2) is 0 Å². The zero-order valence-electron chi connectivity index (χ0n) is 21.9. The molecule has 5 heterocycles. The van der Waals surface area contributed by atoms with E-state index >= 15 is 0 Å². The molecule has 1 aromatic carbocycles. The van der Waals surface area contributed by atoms with Gasteiger partial charge in [0.1, 0.15) is 15.5 Å². The molecule has 10 nitrogen and oxygen atoms in total. The Balaban J connectivity index is 0.000000348. The number of amides is 4. The molecule has 0 radical (unpaired) electrons. The van der Waals surface area contributed by atoms with Crippen molar-refractivity contribution < 1.29 is 19.1 Å². The number of nitrogens with zero attached hydrogens (tertiary/aromatic N) is 4. The maximum Gasteiger partial charge on any atom is 0.331 e. The van der Waals surface area contributed by atoms with E-state index in [0.717, 1.165) is 24.0 Å². The molecule has 2 aliphatic heterocycles. The number of carbonyl (C=O) groups excluding carboxylic acids is 3. The van der Waals surface area contributed by atoms with Gasteiger partial charge in [0, 0.05) is 31.5 Å². The summed E-state index contributed by atoms with van der Waals surface area (Å²) in [6.07, 6.45) is 7.74. The Bertz CT molecular complexity index is 1540. The maximum atomic E-state index is 13.2. The fraction of sp³-hybridized carbons (Fsp3) is 0.207. The van der Waals surface area contributed by atoms with Gasteiger partial charge in [0.2, 0.25) is 5.91 Å². The molecule has 40 heavy (non-hydrogen) atoms. The molecule has 1 fully saturated rings. The van der Waals surface area contributed by atoms with Gasteiger partial charge in [-0.25, -0.2) is 9.78 Å². The number of rotatable bonds is 5. The van der Waals surface area contributed by atoms with Crippen LogP contribution in [0.25, 0.3) is 10.2 Å². The predicted molar refractivity (Wildman–Crippen MR) is 155 cm³/mol. The average Bonchev–Trinajstić information content (AvgIpc) is 3.37. The van der Waals surface area contributed by atoms with E-state index in [1.54, 1.807) is 48.8 Å². The van der Waals surface area contributed by atoms with Gasteiger partial charge in [-0.1, -0.05) is 24.8 Å². The summed E-state index contributed by atoms with van der Waals surface area (Å²) in [4.78, 5) is 50.9. The van der Waals surface area contributed by atoms with Crippen LogP contribution in [0.4, 0.5) is 21.9 Å². The number of ether oxygens (including phenoxy) is 1. The molecule has 3 aromatic heterocycles. The van der Waals surface area contributed by atoms with Crippen LogP contribution < -0.4 is 20.3 Å². The van der Waals surface area contributed by atoms with Gasteiger partial charge in [0.05, 0.1) is 35.8 Å². The molecule has 1 saturated heterocycles. The van der Waals surface area contributed by atoms with E-state index < -0.39 is 0 Å². The molecule has 1 unspecified atom stereocenters. The van der Waals surface area contributed by atoms with Crippen LogP contribution in [0.15, 0.2) is 79.8 Å². The normalized spacial score (nSPS) is 15.9. The first-order chi connectivity index (χ1) is 19.5. The lowest BCUT2D eigenvalue weighted by Crippen LogP contribution is -2.49. The predicted octanol–water partition coefficient (Wildman–Crippen LogP) is 4.98. The monoisotopic (exact) mass is 556 g/mol. The topological polar surface area (TPSA) is 117 Å². The standard InChI is InChI=1S/C22H20N6O3S.C7H8O/c1-2-16(29)27-10-4-5-13(12-27)25-20(30)19-18-17-15(7-9-24-21(17)32-19)28(22(31)26-18)14-6-3-8-23-11-14;1-8-7-5-3-2-4-6-7/h2-3,6-9,11,13H,1,4-5,10,12H2,(H,25,30)(H,26,31);2-6H,1H3. The summed E-state index contributed by atoms with van der Waals surface area (Å²) >= 11 is 1.23. The lowest BCUT2D eigenvalue weighted by Gasteiger charge is -2.32. The number of para-hydroxylation sites is 1. The zero-order chi connectivity index (χ0) is 28.1. The summed E-state index contributed by atoms with van der Waals surface area (Å²) in [6.45, 7) is 4.62. The minimum atomic E-state index is -0.370. The van der Waals surface area contributed by atoms with Crippen molar-refractivity contribution in [2.24, 2.45) is 0 Å². The van der Waals surface area contributed by atoms with Crippen molar-refractivity contribution in [3.05, 3.63) is 84.7 Å². The molecule has 0 bridgehead atoms. The second kappa shape index (κ2) is 12.0. The molecule has 2 N–H and O–H groups in total. The molecule has 204 valence electrons. The lowest BCUT2D eigenvalue weighted by atomic mass is 10.1. The van der Waals surface area contributed by atoms with Crippen LogP contribution in [0.5, 0.6) is 5.75 Å². The fourth-order valence-corrected chi connectivity index (χ4v) is 5.74. The van der Waals surface area contributed by atoms with E-state index in [2.05, 4.69) is 27.2 Å². The Morgan fingerprint density at radius 1 is 1.18 bits per heavy atom. The third-order valence-electron chi connectivity index (χ3n) is 6.58. The van der Waals surface area contributed by atoms with Crippen molar-refractivity contribution in [2.75, 3.05) is 30.4 Å². The van der Waals surface area contributed by atoms with Gasteiger partial charge >= 0.3 is 6.03 Å². The van der Waals surface area contributed by atoms with Crippen molar-refractivity contribution in [1.29, 1.82) is 0 Å². The number of pyridine rings is 2. The summed E-state index contributed by atoms with van der Waals surface area (Å²) < 4.78 is 4.91. The molecule has 6 rings (SSSR count). The van der Waals surface area contributed by atoms with Gasteiger partial charge in [-0.2, -0.15) is 0 Å². The van der Waals surface area contributed by atoms with Crippen molar-refractivity contribution in [1.82, 2.24) is 20.2 Å². The Morgan fingerprint density at radius 3 is 2.70 bits per heavy atom. The smallest absolute Gasteiger partial charge is 0.331 e. The molecule has 4 amide bonds. The summed E-state index contributed by atoms with van der Waals surface area (Å²) in [7, 11) is 1.66. The third kappa shape index (κ3) is 5.50. The zero-order valence-corrected chi connectivity index (χ0v) is 22.7. The highest BCUT2D eigenvalue weighted by Crippen LogP contribution is 2.45. The number of anilines is 3. The molecule has 0 spiro atoms. The summed E-state index contributed by atoms with van der Waals surface area (Å²) in [6, 6.07) is 14.4. The number of benzene rings is 1. The summed E-state index contributed by atoms with van der Waals surface area (Å²) in [5, 5.41) is 6.61. The average molecular weight is 557 g/mol. The summed E-state index contributed by atoms with van der Waals surface area (Å²) in [5.74, 6) is 0.479. The van der Waals surface area contributed by atoms with Crippen LogP contribution >= 0.6 is 11.3 Å². The van der Waals surface area contributed by atoms with Gasteiger partial charge in [-0.3, -0.25) is 19.5 Å². The van der Waals surface area contributed by atoms with Gasteiger partial charge < -0.3 is 20.3 Å². The minimum absolute atomic E-state index is 0.141. The lowest BCUT2D eigenvalue weighted by molar-refractivity contribution is -0.127. The number of methoxy groups -OCH3 is 1. The van der Waals surface area contributed by atoms with Crippen LogP contribution in [0.1, 0.15) is 22.5 Å². The van der Waals surface area contributed by atoms with Gasteiger partial charge in [-0.15, -0.1) is 11.3 Å². The molecule has 11 heteroatoms. The van der Waals surface area contributed by atoms with E-state index in [1.807, 2.05) is 30.3 Å². The number of nitrogens with one attached hydrogen (secondary N) is 2. The maximum absolute atomic E-state index is 13.2. The SMILES string of the molecule is C=CC(=O)N1CCCC(NC(=O)c2sc3nccc4c3c2NC(=O)N4c2cccnc2)C1.COc1ccccc1. The van der Waals surface area contributed by atoms with Crippen molar-refractivity contribution in [3.8, 4) is 5.75 Å².